The van der Waals surface area contributed by atoms with Crippen molar-refractivity contribution in [1.82, 2.24) is 10.2 Å². The minimum absolute atomic E-state index is 0.442. The van der Waals surface area contributed by atoms with Gasteiger partial charge < -0.3 is 10.2 Å². The van der Waals surface area contributed by atoms with Crippen LogP contribution in [0.1, 0.15) is 71.9 Å². The zero-order valence-corrected chi connectivity index (χ0v) is 20.6. The molecule has 2 nitrogen and oxygen atoms in total. The lowest BCUT2D eigenvalue weighted by molar-refractivity contribution is 0.476. The van der Waals surface area contributed by atoms with E-state index in [1.54, 1.807) is 6.08 Å². The van der Waals surface area contributed by atoms with E-state index < -0.39 is 6.67 Å². The second-order valence-corrected chi connectivity index (χ2v) is 8.31. The van der Waals surface area contributed by atoms with Crippen LogP contribution in [0.4, 0.5) is 4.39 Å². The SMILES string of the molecule is C=C(/C(=C\N/C(C)=C(CCC)/C(C)=C\CF)c1ccc(C)cc1)N(C=C(C)C)CCC. The largest absolute Gasteiger partial charge is 0.364 e. The summed E-state index contributed by atoms with van der Waals surface area (Å²) in [7, 11) is 0. The topological polar surface area (TPSA) is 15.3 Å². The second kappa shape index (κ2) is 13.7. The van der Waals surface area contributed by atoms with Gasteiger partial charge in [0.25, 0.3) is 0 Å². The molecule has 0 aromatic heterocycles. The van der Waals surface area contributed by atoms with Crippen LogP contribution in [-0.2, 0) is 0 Å². The summed E-state index contributed by atoms with van der Waals surface area (Å²) >= 11 is 0. The number of allylic oxidation sites excluding steroid dienone is 6. The number of alkyl halides is 1. The number of halogens is 1. The molecule has 0 radical (unpaired) electrons. The summed E-state index contributed by atoms with van der Waals surface area (Å²) in [4.78, 5) is 2.23. The van der Waals surface area contributed by atoms with Gasteiger partial charge in [-0.1, -0.05) is 68.3 Å². The van der Waals surface area contributed by atoms with Gasteiger partial charge in [-0.3, -0.25) is 0 Å². The zero-order valence-electron chi connectivity index (χ0n) is 20.6. The van der Waals surface area contributed by atoms with Crippen molar-refractivity contribution in [3.05, 3.63) is 88.6 Å². The Labute approximate surface area is 189 Å². The van der Waals surface area contributed by atoms with Crippen molar-refractivity contribution in [3.8, 4) is 0 Å². The van der Waals surface area contributed by atoms with Crippen molar-refractivity contribution >= 4 is 5.57 Å². The van der Waals surface area contributed by atoms with Crippen LogP contribution >= 0.6 is 0 Å². The molecule has 0 bridgehead atoms. The molecule has 0 fully saturated rings. The normalized spacial score (nSPS) is 12.9. The molecule has 0 saturated heterocycles. The summed E-state index contributed by atoms with van der Waals surface area (Å²) in [6.45, 7) is 19.6. The summed E-state index contributed by atoms with van der Waals surface area (Å²) in [5.41, 5.74) is 8.80. The molecule has 1 aromatic rings. The molecule has 0 heterocycles. The van der Waals surface area contributed by atoms with Crippen LogP contribution in [0.3, 0.4) is 0 Å². The summed E-state index contributed by atoms with van der Waals surface area (Å²) in [5, 5.41) is 3.50. The van der Waals surface area contributed by atoms with Gasteiger partial charge in [0.15, 0.2) is 0 Å². The van der Waals surface area contributed by atoms with Crippen LogP contribution in [0.5, 0.6) is 0 Å². The Morgan fingerprint density at radius 2 is 1.71 bits per heavy atom. The van der Waals surface area contributed by atoms with Gasteiger partial charge >= 0.3 is 0 Å². The van der Waals surface area contributed by atoms with E-state index in [0.29, 0.717) is 0 Å². The molecule has 0 saturated carbocycles. The summed E-state index contributed by atoms with van der Waals surface area (Å²) in [6.07, 6.45) is 8.81. The Bertz CT molecular complexity index is 834. The minimum Gasteiger partial charge on any atom is -0.364 e. The third kappa shape index (κ3) is 8.61. The molecular weight excluding hydrogens is 383 g/mol. The molecule has 0 amide bonds. The Morgan fingerprint density at radius 3 is 2.23 bits per heavy atom. The molecule has 3 heteroatoms. The van der Waals surface area contributed by atoms with Gasteiger partial charge in [0, 0.05) is 35.9 Å². The lowest BCUT2D eigenvalue weighted by atomic mass is 9.99. The first-order valence-corrected chi connectivity index (χ1v) is 11.3. The molecular formula is C28H41FN2. The Morgan fingerprint density at radius 1 is 1.06 bits per heavy atom. The van der Waals surface area contributed by atoms with E-state index in [2.05, 4.69) is 88.8 Å². The van der Waals surface area contributed by atoms with Crippen molar-refractivity contribution in [1.29, 1.82) is 0 Å². The maximum Gasteiger partial charge on any atom is 0.108 e. The van der Waals surface area contributed by atoms with Gasteiger partial charge in [0.1, 0.15) is 6.67 Å². The molecule has 0 spiro atoms. The number of aryl methyl sites for hydroxylation is 1. The molecule has 1 aromatic carbocycles. The zero-order chi connectivity index (χ0) is 23.4. The first-order valence-electron chi connectivity index (χ1n) is 11.3. The van der Waals surface area contributed by atoms with Crippen LogP contribution in [0.25, 0.3) is 5.57 Å². The Balaban J connectivity index is 3.45. The van der Waals surface area contributed by atoms with Gasteiger partial charge in [-0.25, -0.2) is 4.39 Å². The van der Waals surface area contributed by atoms with Gasteiger partial charge in [0.2, 0.25) is 0 Å². The molecule has 0 atom stereocenters. The Kier molecular flexibility index (Phi) is 11.7. The van der Waals surface area contributed by atoms with Crippen LogP contribution < -0.4 is 5.32 Å². The van der Waals surface area contributed by atoms with E-state index in [1.165, 1.54) is 16.7 Å². The average Bonchev–Trinajstić information content (AvgIpc) is 2.72. The molecule has 1 rings (SSSR count). The highest BCUT2D eigenvalue weighted by Crippen LogP contribution is 2.27. The maximum atomic E-state index is 12.9. The lowest BCUT2D eigenvalue weighted by Gasteiger charge is -2.26. The van der Waals surface area contributed by atoms with Crippen molar-refractivity contribution in [2.45, 2.75) is 67.7 Å². The van der Waals surface area contributed by atoms with Crippen molar-refractivity contribution < 1.29 is 4.39 Å². The van der Waals surface area contributed by atoms with E-state index in [1.807, 2.05) is 13.1 Å². The number of benzene rings is 1. The van der Waals surface area contributed by atoms with Crippen LogP contribution in [0, 0.1) is 6.92 Å². The van der Waals surface area contributed by atoms with E-state index in [9.17, 15) is 4.39 Å². The highest BCUT2D eigenvalue weighted by atomic mass is 19.1. The van der Waals surface area contributed by atoms with Gasteiger partial charge in [-0.15, -0.1) is 0 Å². The lowest BCUT2D eigenvalue weighted by Crippen LogP contribution is -2.19. The first-order chi connectivity index (χ1) is 14.7. The molecule has 31 heavy (non-hydrogen) atoms. The summed E-state index contributed by atoms with van der Waals surface area (Å²) in [6, 6.07) is 8.53. The highest BCUT2D eigenvalue weighted by molar-refractivity contribution is 5.78. The summed E-state index contributed by atoms with van der Waals surface area (Å²) in [5.74, 6) is 0. The quantitative estimate of drug-likeness (QED) is 0.341. The molecule has 0 aliphatic carbocycles. The third-order valence-electron chi connectivity index (χ3n) is 5.14. The molecule has 1 N–H and O–H groups in total. The maximum absolute atomic E-state index is 12.9. The first kappa shape index (κ1) is 26.5. The van der Waals surface area contributed by atoms with E-state index >= 15 is 0 Å². The fourth-order valence-corrected chi connectivity index (χ4v) is 3.49. The average molecular weight is 425 g/mol. The van der Waals surface area contributed by atoms with Crippen molar-refractivity contribution in [2.24, 2.45) is 0 Å². The number of hydrogen-bond acceptors (Lipinski definition) is 2. The van der Waals surface area contributed by atoms with E-state index in [-0.39, 0.29) is 0 Å². The van der Waals surface area contributed by atoms with Gasteiger partial charge in [0.05, 0.1) is 0 Å². The van der Waals surface area contributed by atoms with Gasteiger partial charge in [-0.05, 0) is 64.2 Å². The predicted molar refractivity (Wildman–Crippen MR) is 135 cm³/mol. The molecule has 0 aliphatic rings. The van der Waals surface area contributed by atoms with E-state index in [4.69, 9.17) is 0 Å². The predicted octanol–water partition coefficient (Wildman–Crippen LogP) is 8.06. The van der Waals surface area contributed by atoms with Crippen LogP contribution in [-0.4, -0.2) is 18.1 Å². The van der Waals surface area contributed by atoms with Crippen molar-refractivity contribution in [2.75, 3.05) is 13.2 Å². The number of nitrogens with one attached hydrogen (secondary N) is 1. The minimum atomic E-state index is -0.442. The van der Waals surface area contributed by atoms with E-state index in [0.717, 1.165) is 53.9 Å². The number of rotatable bonds is 12. The fourth-order valence-electron chi connectivity index (χ4n) is 3.49. The Hall–Kier alpha value is -2.55. The highest BCUT2D eigenvalue weighted by Gasteiger charge is 2.13. The monoisotopic (exact) mass is 424 g/mol. The number of hydrogen-bond donors (Lipinski definition) is 1. The molecule has 0 aliphatic heterocycles. The smallest absolute Gasteiger partial charge is 0.108 e. The van der Waals surface area contributed by atoms with Crippen LogP contribution in [0.2, 0.25) is 0 Å². The molecule has 170 valence electrons. The van der Waals surface area contributed by atoms with Gasteiger partial charge in [-0.2, -0.15) is 0 Å². The third-order valence-corrected chi connectivity index (χ3v) is 5.14. The standard InChI is InChI=1S/C28H41FN2/c1-9-11-27(23(6)16-17-29)24(7)30-19-28(26-14-12-22(5)13-15-26)25(8)31(18-10-2)20-21(3)4/h12-16,19-20,30H,8-11,17-18H2,1-7H3/b23-16-,27-24+,28-19+. The van der Waals surface area contributed by atoms with Crippen molar-refractivity contribution in [3.63, 3.8) is 0 Å². The molecule has 0 unspecified atom stereocenters. The fraction of sp³-hybridized carbons (Fsp3) is 0.429. The summed E-state index contributed by atoms with van der Waals surface area (Å²) < 4.78 is 12.9. The van der Waals surface area contributed by atoms with Crippen LogP contribution in [0.15, 0.2) is 77.4 Å². The number of nitrogens with zero attached hydrogens (tertiary/aromatic N) is 1. The second-order valence-electron chi connectivity index (χ2n) is 8.31.